The number of halogens is 1. The van der Waals surface area contributed by atoms with Crippen molar-refractivity contribution < 1.29 is 17.6 Å². The van der Waals surface area contributed by atoms with Gasteiger partial charge in [0.15, 0.2) is 0 Å². The van der Waals surface area contributed by atoms with Gasteiger partial charge in [0.05, 0.1) is 16.7 Å². The molecule has 0 aliphatic carbocycles. The summed E-state index contributed by atoms with van der Waals surface area (Å²) in [6, 6.07) is 20.5. The van der Waals surface area contributed by atoms with Crippen LogP contribution >= 0.6 is 0 Å². The van der Waals surface area contributed by atoms with E-state index in [1.807, 2.05) is 6.07 Å². The van der Waals surface area contributed by atoms with Crippen LogP contribution in [0.3, 0.4) is 0 Å². The Hall–Kier alpha value is -3.45. The average Bonchev–Trinajstić information content (AvgIpc) is 2.69. The van der Waals surface area contributed by atoms with Gasteiger partial charge >= 0.3 is 0 Å². The van der Waals surface area contributed by atoms with Crippen LogP contribution in [0.25, 0.3) is 6.08 Å². The van der Waals surface area contributed by atoms with Crippen molar-refractivity contribution in [3.8, 4) is 0 Å². The van der Waals surface area contributed by atoms with Crippen molar-refractivity contribution in [2.24, 2.45) is 0 Å². The highest BCUT2D eigenvalue weighted by Crippen LogP contribution is 2.19. The molecule has 28 heavy (non-hydrogen) atoms. The van der Waals surface area contributed by atoms with Crippen molar-refractivity contribution in [1.29, 1.82) is 0 Å². The molecule has 3 aromatic carbocycles. The summed E-state index contributed by atoms with van der Waals surface area (Å²) in [5, 5.41) is 3.65. The lowest BCUT2D eigenvalue weighted by molar-refractivity contribution is 0.102. The molecule has 0 aliphatic heterocycles. The molecule has 3 rings (SSSR count). The standard InChI is InChI=1S/C21H17FN2O3S/c22-17-10-12-18(13-11-17)23-21(25)19-8-4-5-9-20(19)24-28(26,27)15-14-16-6-2-1-3-7-16/h1-15,24H,(H,23,25)/b15-14+. The van der Waals surface area contributed by atoms with Gasteiger partial charge in [0, 0.05) is 5.69 Å². The molecule has 142 valence electrons. The van der Waals surface area contributed by atoms with Crippen LogP contribution in [0.4, 0.5) is 15.8 Å². The first kappa shape index (κ1) is 19.3. The van der Waals surface area contributed by atoms with E-state index in [2.05, 4.69) is 10.0 Å². The molecule has 0 saturated carbocycles. The fraction of sp³-hybridized carbons (Fsp3) is 0. The van der Waals surface area contributed by atoms with Crippen LogP contribution in [0.5, 0.6) is 0 Å². The lowest BCUT2D eigenvalue weighted by Crippen LogP contribution is -2.17. The van der Waals surface area contributed by atoms with Crippen molar-refractivity contribution in [3.05, 3.63) is 101 Å². The van der Waals surface area contributed by atoms with E-state index in [9.17, 15) is 17.6 Å². The molecule has 0 aromatic heterocycles. The number of rotatable bonds is 6. The minimum atomic E-state index is -3.83. The van der Waals surface area contributed by atoms with E-state index in [4.69, 9.17) is 0 Å². The Labute approximate surface area is 162 Å². The van der Waals surface area contributed by atoms with Crippen LogP contribution in [-0.2, 0) is 10.0 Å². The quantitative estimate of drug-likeness (QED) is 0.645. The Balaban J connectivity index is 1.78. The number of carbonyl (C=O) groups excluding carboxylic acids is 1. The van der Waals surface area contributed by atoms with Gasteiger partial charge < -0.3 is 5.32 Å². The average molecular weight is 396 g/mol. The summed E-state index contributed by atoms with van der Waals surface area (Å²) in [5.41, 5.74) is 1.41. The summed E-state index contributed by atoms with van der Waals surface area (Å²) in [5.74, 6) is -0.937. The summed E-state index contributed by atoms with van der Waals surface area (Å²) in [4.78, 5) is 12.5. The molecule has 0 heterocycles. The second-order valence-corrected chi connectivity index (χ2v) is 7.43. The van der Waals surface area contributed by atoms with Crippen molar-refractivity contribution in [2.75, 3.05) is 10.0 Å². The normalized spacial score (nSPS) is 11.3. The molecule has 2 N–H and O–H groups in total. The molecule has 0 unspecified atom stereocenters. The van der Waals surface area contributed by atoms with Gasteiger partial charge in [-0.1, -0.05) is 42.5 Å². The zero-order chi connectivity index (χ0) is 20.0. The molecular formula is C21H17FN2O3S. The summed E-state index contributed by atoms with van der Waals surface area (Å²) in [6.45, 7) is 0. The first-order chi connectivity index (χ1) is 13.4. The highest BCUT2D eigenvalue weighted by Gasteiger charge is 2.15. The molecule has 0 atom stereocenters. The van der Waals surface area contributed by atoms with E-state index in [1.54, 1.807) is 36.4 Å². The molecule has 5 nitrogen and oxygen atoms in total. The van der Waals surface area contributed by atoms with E-state index in [0.717, 1.165) is 11.0 Å². The van der Waals surface area contributed by atoms with E-state index in [1.165, 1.54) is 42.5 Å². The number of benzene rings is 3. The zero-order valence-corrected chi connectivity index (χ0v) is 15.5. The Morgan fingerprint density at radius 3 is 2.21 bits per heavy atom. The third-order valence-electron chi connectivity index (χ3n) is 3.77. The van der Waals surface area contributed by atoms with Gasteiger partial charge in [-0.15, -0.1) is 0 Å². The zero-order valence-electron chi connectivity index (χ0n) is 14.7. The van der Waals surface area contributed by atoms with Crippen LogP contribution in [-0.4, -0.2) is 14.3 Å². The molecule has 0 saturated heterocycles. The predicted octanol–water partition coefficient (Wildman–Crippen LogP) is 4.49. The van der Waals surface area contributed by atoms with Gasteiger partial charge in [-0.25, -0.2) is 12.8 Å². The number of para-hydroxylation sites is 1. The third kappa shape index (κ3) is 5.28. The topological polar surface area (TPSA) is 75.3 Å². The van der Waals surface area contributed by atoms with Gasteiger partial charge in [-0.05, 0) is 48.0 Å². The predicted molar refractivity (Wildman–Crippen MR) is 109 cm³/mol. The maximum absolute atomic E-state index is 13.0. The van der Waals surface area contributed by atoms with Crippen molar-refractivity contribution >= 4 is 33.4 Å². The van der Waals surface area contributed by atoms with E-state index in [0.29, 0.717) is 5.69 Å². The lowest BCUT2D eigenvalue weighted by atomic mass is 10.1. The number of carbonyl (C=O) groups is 1. The second kappa shape index (κ2) is 8.49. The summed E-state index contributed by atoms with van der Waals surface area (Å²) in [6.07, 6.45) is 1.46. The first-order valence-electron chi connectivity index (χ1n) is 8.35. The highest BCUT2D eigenvalue weighted by atomic mass is 32.2. The minimum Gasteiger partial charge on any atom is -0.322 e. The Kier molecular flexibility index (Phi) is 5.86. The third-order valence-corrected chi connectivity index (χ3v) is 4.76. The fourth-order valence-electron chi connectivity index (χ4n) is 2.42. The Morgan fingerprint density at radius 1 is 0.857 bits per heavy atom. The number of hydrogen-bond donors (Lipinski definition) is 2. The van der Waals surface area contributed by atoms with Crippen LogP contribution < -0.4 is 10.0 Å². The van der Waals surface area contributed by atoms with Gasteiger partial charge in [0.25, 0.3) is 15.9 Å². The van der Waals surface area contributed by atoms with Gasteiger partial charge in [0.2, 0.25) is 0 Å². The van der Waals surface area contributed by atoms with Crippen LogP contribution in [0.1, 0.15) is 15.9 Å². The molecule has 0 spiro atoms. The summed E-state index contributed by atoms with van der Waals surface area (Å²) < 4.78 is 40.1. The highest BCUT2D eigenvalue weighted by molar-refractivity contribution is 7.95. The smallest absolute Gasteiger partial charge is 0.257 e. The maximum atomic E-state index is 13.0. The lowest BCUT2D eigenvalue weighted by Gasteiger charge is -2.11. The maximum Gasteiger partial charge on any atom is 0.257 e. The molecule has 0 fully saturated rings. The number of sulfonamides is 1. The molecule has 0 bridgehead atoms. The first-order valence-corrected chi connectivity index (χ1v) is 9.89. The Bertz CT molecular complexity index is 1100. The van der Waals surface area contributed by atoms with Gasteiger partial charge in [-0.3, -0.25) is 9.52 Å². The van der Waals surface area contributed by atoms with Gasteiger partial charge in [0.1, 0.15) is 5.82 Å². The molecule has 0 aliphatic rings. The largest absolute Gasteiger partial charge is 0.322 e. The molecule has 0 radical (unpaired) electrons. The van der Waals surface area contributed by atoms with E-state index < -0.39 is 21.7 Å². The minimum absolute atomic E-state index is 0.139. The molecular weight excluding hydrogens is 379 g/mol. The number of nitrogens with one attached hydrogen (secondary N) is 2. The number of anilines is 2. The molecule has 1 amide bonds. The Morgan fingerprint density at radius 2 is 1.50 bits per heavy atom. The van der Waals surface area contributed by atoms with E-state index >= 15 is 0 Å². The van der Waals surface area contributed by atoms with Crippen LogP contribution in [0.15, 0.2) is 84.3 Å². The van der Waals surface area contributed by atoms with E-state index in [-0.39, 0.29) is 11.3 Å². The van der Waals surface area contributed by atoms with Crippen molar-refractivity contribution in [1.82, 2.24) is 0 Å². The monoisotopic (exact) mass is 396 g/mol. The van der Waals surface area contributed by atoms with Crippen molar-refractivity contribution in [3.63, 3.8) is 0 Å². The molecule has 7 heteroatoms. The second-order valence-electron chi connectivity index (χ2n) is 5.87. The van der Waals surface area contributed by atoms with Crippen molar-refractivity contribution in [2.45, 2.75) is 0 Å². The number of hydrogen-bond acceptors (Lipinski definition) is 3. The SMILES string of the molecule is O=C(Nc1ccc(F)cc1)c1ccccc1NS(=O)(=O)/C=C/c1ccccc1. The molecule has 3 aromatic rings. The summed E-state index contributed by atoms with van der Waals surface area (Å²) >= 11 is 0. The number of amides is 1. The fourth-order valence-corrected chi connectivity index (χ4v) is 3.31. The van der Waals surface area contributed by atoms with Crippen LogP contribution in [0.2, 0.25) is 0 Å². The summed E-state index contributed by atoms with van der Waals surface area (Å²) in [7, 11) is -3.83. The van der Waals surface area contributed by atoms with Crippen LogP contribution in [0, 0.1) is 5.82 Å². The van der Waals surface area contributed by atoms with Gasteiger partial charge in [-0.2, -0.15) is 0 Å².